The molecule has 128 valence electrons. The van der Waals surface area contributed by atoms with E-state index < -0.39 is 0 Å². The lowest BCUT2D eigenvalue weighted by atomic mass is 9.75. The van der Waals surface area contributed by atoms with E-state index in [9.17, 15) is 9.59 Å². The molecule has 0 radical (unpaired) electrons. The minimum Gasteiger partial charge on any atom is -0.463 e. The minimum atomic E-state index is -0.311. The highest BCUT2D eigenvalue weighted by Gasteiger charge is 2.39. The first kappa shape index (κ1) is 17.0. The molecule has 0 aromatic carbocycles. The van der Waals surface area contributed by atoms with Gasteiger partial charge in [-0.3, -0.25) is 4.79 Å². The molecular weight excluding hydrogens is 322 g/mol. The standard InChI is InChI=1S/C19H23NO3S/c1-3-6-13-18(19(22)23-4-2)16(12-9-10-24-11-12)17-14(20-13)7-5-8-15(17)21/h9-11,16,20H,3-8H2,1-2H3. The van der Waals surface area contributed by atoms with Crippen LogP contribution < -0.4 is 5.32 Å². The van der Waals surface area contributed by atoms with Crippen LogP contribution in [0, 0.1) is 0 Å². The van der Waals surface area contributed by atoms with E-state index in [0.29, 0.717) is 18.6 Å². The maximum atomic E-state index is 12.7. The Bertz CT molecular complexity index is 700. The number of esters is 1. The highest BCUT2D eigenvalue weighted by Crippen LogP contribution is 2.43. The van der Waals surface area contributed by atoms with Gasteiger partial charge in [0.05, 0.1) is 12.2 Å². The Kier molecular flexibility index (Phi) is 5.19. The normalized spacial score (nSPS) is 20.8. The van der Waals surface area contributed by atoms with Crippen molar-refractivity contribution in [3.05, 3.63) is 44.9 Å². The molecular formula is C19H23NO3S. The molecule has 0 bridgehead atoms. The molecule has 5 heteroatoms. The third kappa shape index (κ3) is 3.05. The van der Waals surface area contributed by atoms with Gasteiger partial charge in [0.2, 0.25) is 0 Å². The first-order valence-corrected chi connectivity index (χ1v) is 9.57. The zero-order chi connectivity index (χ0) is 17.1. The summed E-state index contributed by atoms with van der Waals surface area (Å²) in [6.45, 7) is 4.23. The summed E-state index contributed by atoms with van der Waals surface area (Å²) in [7, 11) is 0. The quantitative estimate of drug-likeness (QED) is 0.818. The van der Waals surface area contributed by atoms with Gasteiger partial charge in [-0.1, -0.05) is 13.3 Å². The fourth-order valence-corrected chi connectivity index (χ4v) is 4.25. The van der Waals surface area contributed by atoms with Crippen LogP contribution >= 0.6 is 11.3 Å². The highest BCUT2D eigenvalue weighted by atomic mass is 32.1. The Morgan fingerprint density at radius 1 is 1.38 bits per heavy atom. The summed E-state index contributed by atoms with van der Waals surface area (Å²) < 4.78 is 5.33. The van der Waals surface area contributed by atoms with E-state index in [1.807, 2.05) is 23.8 Å². The van der Waals surface area contributed by atoms with E-state index in [1.54, 1.807) is 11.3 Å². The molecule has 1 N–H and O–H groups in total. The van der Waals surface area contributed by atoms with Gasteiger partial charge in [-0.15, -0.1) is 0 Å². The second-order valence-corrected chi connectivity index (χ2v) is 6.93. The molecule has 1 aromatic rings. The van der Waals surface area contributed by atoms with Crippen molar-refractivity contribution in [3.63, 3.8) is 0 Å². The van der Waals surface area contributed by atoms with Gasteiger partial charge in [0.15, 0.2) is 5.78 Å². The number of nitrogens with one attached hydrogen (secondary N) is 1. The Morgan fingerprint density at radius 3 is 2.88 bits per heavy atom. The van der Waals surface area contributed by atoms with Crippen molar-refractivity contribution in [3.8, 4) is 0 Å². The molecule has 1 aliphatic carbocycles. The first-order valence-electron chi connectivity index (χ1n) is 8.62. The third-order valence-corrected chi connectivity index (χ3v) is 5.23. The number of ether oxygens (including phenoxy) is 1. The molecule has 24 heavy (non-hydrogen) atoms. The molecule has 2 aliphatic rings. The van der Waals surface area contributed by atoms with Crippen molar-refractivity contribution in [2.24, 2.45) is 0 Å². The second kappa shape index (κ2) is 7.34. The van der Waals surface area contributed by atoms with E-state index in [2.05, 4.69) is 12.2 Å². The van der Waals surface area contributed by atoms with E-state index in [1.165, 1.54) is 0 Å². The predicted octanol–water partition coefficient (Wildman–Crippen LogP) is 4.06. The summed E-state index contributed by atoms with van der Waals surface area (Å²) in [6.07, 6.45) is 4.00. The van der Waals surface area contributed by atoms with Crippen LogP contribution in [0.3, 0.4) is 0 Å². The summed E-state index contributed by atoms with van der Waals surface area (Å²) in [5, 5.41) is 7.44. The van der Waals surface area contributed by atoms with E-state index in [4.69, 9.17) is 4.74 Å². The fourth-order valence-electron chi connectivity index (χ4n) is 3.57. The maximum Gasteiger partial charge on any atom is 0.336 e. The number of carbonyl (C=O) groups is 2. The van der Waals surface area contributed by atoms with Crippen molar-refractivity contribution < 1.29 is 14.3 Å². The molecule has 1 atom stereocenters. The SMILES string of the molecule is CCCC1=C(C(=O)OCC)C(c2ccsc2)C2=C(CCCC2=O)N1. The number of carbonyl (C=O) groups excluding carboxylic acids is 2. The first-order chi connectivity index (χ1) is 11.7. The maximum absolute atomic E-state index is 12.7. The molecule has 0 fully saturated rings. The van der Waals surface area contributed by atoms with Crippen LogP contribution in [-0.2, 0) is 14.3 Å². The zero-order valence-corrected chi connectivity index (χ0v) is 15.0. The fraction of sp³-hybridized carbons (Fsp3) is 0.474. The van der Waals surface area contributed by atoms with Gasteiger partial charge >= 0.3 is 5.97 Å². The number of rotatable bonds is 5. The third-order valence-electron chi connectivity index (χ3n) is 4.53. The number of ketones is 1. The van der Waals surface area contributed by atoms with Gasteiger partial charge in [-0.2, -0.15) is 11.3 Å². The smallest absolute Gasteiger partial charge is 0.336 e. The Morgan fingerprint density at radius 2 is 2.21 bits per heavy atom. The van der Waals surface area contributed by atoms with Crippen LogP contribution in [0.5, 0.6) is 0 Å². The van der Waals surface area contributed by atoms with Gasteiger partial charge < -0.3 is 10.1 Å². The van der Waals surface area contributed by atoms with Crippen LogP contribution in [0.15, 0.2) is 39.4 Å². The number of Topliss-reactive ketones (excluding diaryl/α,β-unsaturated/α-hetero) is 1. The topological polar surface area (TPSA) is 55.4 Å². The minimum absolute atomic E-state index is 0.150. The van der Waals surface area contributed by atoms with Crippen LogP contribution in [0.25, 0.3) is 0 Å². The number of hydrogen-bond donors (Lipinski definition) is 1. The lowest BCUT2D eigenvalue weighted by Crippen LogP contribution is -2.35. The molecule has 3 rings (SSSR count). The van der Waals surface area contributed by atoms with Crippen molar-refractivity contribution in [2.45, 2.75) is 51.9 Å². The van der Waals surface area contributed by atoms with Gasteiger partial charge in [-0.25, -0.2) is 4.79 Å². The predicted molar refractivity (Wildman–Crippen MR) is 94.6 cm³/mol. The van der Waals surface area contributed by atoms with Crippen LogP contribution in [0.2, 0.25) is 0 Å². The zero-order valence-electron chi connectivity index (χ0n) is 14.2. The van der Waals surface area contributed by atoms with Crippen molar-refractivity contribution in [1.82, 2.24) is 5.32 Å². The molecule has 0 saturated carbocycles. The van der Waals surface area contributed by atoms with Crippen molar-refractivity contribution >= 4 is 23.1 Å². The van der Waals surface area contributed by atoms with Gasteiger partial charge in [-0.05, 0) is 48.6 Å². The number of thiophene rings is 1. The van der Waals surface area contributed by atoms with E-state index in [0.717, 1.165) is 48.2 Å². The molecule has 4 nitrogen and oxygen atoms in total. The van der Waals surface area contributed by atoms with Crippen molar-refractivity contribution in [2.75, 3.05) is 6.61 Å². The average molecular weight is 345 g/mol. The highest BCUT2D eigenvalue weighted by molar-refractivity contribution is 7.08. The van der Waals surface area contributed by atoms with E-state index in [-0.39, 0.29) is 17.7 Å². The lowest BCUT2D eigenvalue weighted by molar-refractivity contribution is -0.138. The molecule has 0 saturated heterocycles. The lowest BCUT2D eigenvalue weighted by Gasteiger charge is -2.34. The summed E-state index contributed by atoms with van der Waals surface area (Å²) in [5.41, 5.74) is 4.31. The molecule has 1 unspecified atom stereocenters. The van der Waals surface area contributed by atoms with Crippen LogP contribution in [-0.4, -0.2) is 18.4 Å². The Balaban J connectivity index is 2.15. The van der Waals surface area contributed by atoms with Crippen LogP contribution in [0.4, 0.5) is 0 Å². The molecule has 0 amide bonds. The Labute approximate surface area is 146 Å². The average Bonchev–Trinajstić information content (AvgIpc) is 3.08. The summed E-state index contributed by atoms with van der Waals surface area (Å²) in [6, 6.07) is 2.01. The summed E-state index contributed by atoms with van der Waals surface area (Å²) in [5.74, 6) is -0.451. The molecule has 2 heterocycles. The van der Waals surface area contributed by atoms with Crippen LogP contribution in [0.1, 0.15) is 57.4 Å². The summed E-state index contributed by atoms with van der Waals surface area (Å²) >= 11 is 1.59. The monoisotopic (exact) mass is 345 g/mol. The van der Waals surface area contributed by atoms with E-state index >= 15 is 0 Å². The Hall–Kier alpha value is -1.88. The van der Waals surface area contributed by atoms with Gasteiger partial charge in [0, 0.05) is 29.3 Å². The van der Waals surface area contributed by atoms with Gasteiger partial charge in [0.25, 0.3) is 0 Å². The van der Waals surface area contributed by atoms with Crippen molar-refractivity contribution in [1.29, 1.82) is 0 Å². The molecule has 1 aliphatic heterocycles. The number of dihydropyridines is 1. The molecule has 1 aromatic heterocycles. The summed E-state index contributed by atoms with van der Waals surface area (Å²) in [4.78, 5) is 25.4. The number of allylic oxidation sites excluding steroid dienone is 3. The van der Waals surface area contributed by atoms with Gasteiger partial charge in [0.1, 0.15) is 0 Å². The largest absolute Gasteiger partial charge is 0.463 e. The number of hydrogen-bond acceptors (Lipinski definition) is 5. The molecule has 0 spiro atoms. The second-order valence-electron chi connectivity index (χ2n) is 6.15.